The van der Waals surface area contributed by atoms with Gasteiger partial charge in [-0.15, -0.1) is 0 Å². The lowest BCUT2D eigenvalue weighted by atomic mass is 9.88. The van der Waals surface area contributed by atoms with E-state index in [4.69, 9.17) is 0 Å². The third kappa shape index (κ3) is 2.11. The monoisotopic (exact) mass is 322 g/mol. The zero-order valence-corrected chi connectivity index (χ0v) is 14.3. The van der Waals surface area contributed by atoms with Crippen LogP contribution in [-0.2, 0) is 0 Å². The molecule has 2 nitrogen and oxygen atoms in total. The van der Waals surface area contributed by atoms with Gasteiger partial charge in [0.1, 0.15) is 0 Å². The van der Waals surface area contributed by atoms with Crippen LogP contribution in [0.25, 0.3) is 5.57 Å². The van der Waals surface area contributed by atoms with Gasteiger partial charge in [-0.2, -0.15) is 0 Å². The molecule has 0 bridgehead atoms. The number of nitrogens with zero attached hydrogens (tertiary/aromatic N) is 2. The molecule has 0 saturated heterocycles. The molecule has 3 rings (SSSR count). The second-order valence-corrected chi connectivity index (χ2v) is 7.14. The van der Waals surface area contributed by atoms with Crippen LogP contribution in [-0.4, -0.2) is 26.7 Å². The van der Waals surface area contributed by atoms with Gasteiger partial charge in [-0.25, -0.2) is 0 Å². The van der Waals surface area contributed by atoms with E-state index < -0.39 is 6.97 Å². The second-order valence-electron chi connectivity index (χ2n) is 6.03. The lowest BCUT2D eigenvalue weighted by Crippen LogP contribution is -2.51. The lowest BCUT2D eigenvalue weighted by Gasteiger charge is -2.32. The molecule has 2 aliphatic rings. The average Bonchev–Trinajstić information content (AvgIpc) is 2.99. The summed E-state index contributed by atoms with van der Waals surface area (Å²) in [6.45, 7) is 3.90. The van der Waals surface area contributed by atoms with Gasteiger partial charge in [0.15, 0.2) is 10.7 Å². The van der Waals surface area contributed by atoms with Gasteiger partial charge in [0.25, 0.3) is 0 Å². The van der Waals surface area contributed by atoms with Crippen LogP contribution in [0, 0.1) is 13.8 Å². The number of fused-ring (bicyclic) bond motifs is 2. The topological polar surface area (TPSA) is 7.94 Å². The van der Waals surface area contributed by atoms with Crippen LogP contribution in [0.4, 0.5) is 8.63 Å². The van der Waals surface area contributed by atoms with E-state index in [0.29, 0.717) is 22.1 Å². The van der Waals surface area contributed by atoms with Crippen LogP contribution in [0.2, 0.25) is 0 Å². The first kappa shape index (κ1) is 15.6. The van der Waals surface area contributed by atoms with Crippen molar-refractivity contribution in [1.29, 1.82) is 0 Å². The maximum atomic E-state index is 15.2. The fourth-order valence-corrected chi connectivity index (χ4v) is 4.60. The summed E-state index contributed by atoms with van der Waals surface area (Å²) in [4.78, 5) is 0. The number of rotatable bonds is 3. The highest BCUT2D eigenvalue weighted by Gasteiger charge is 2.53. The fraction of sp³-hybridized carbons (Fsp3) is 0.438. The predicted molar refractivity (Wildman–Crippen MR) is 91.6 cm³/mol. The minimum Gasteiger partial charge on any atom is -0.394 e. The molecular formula is C16H21BF2N2S. The molecule has 0 atom stereocenters. The fourth-order valence-electron chi connectivity index (χ4n) is 3.43. The summed E-state index contributed by atoms with van der Waals surface area (Å²) >= 11 is 1.53. The van der Waals surface area contributed by atoms with E-state index in [1.165, 1.54) is 20.7 Å². The Morgan fingerprint density at radius 3 is 2.64 bits per heavy atom. The number of halogens is 2. The molecule has 0 radical (unpaired) electrons. The van der Waals surface area contributed by atoms with Gasteiger partial charge in [0.05, 0.1) is 0 Å². The summed E-state index contributed by atoms with van der Waals surface area (Å²) in [6.07, 6.45) is 5.79. The first-order valence-electron chi connectivity index (χ1n) is 7.79. The molecule has 1 aromatic heterocycles. The molecule has 118 valence electrons. The van der Waals surface area contributed by atoms with Crippen molar-refractivity contribution in [1.82, 2.24) is 4.48 Å². The Labute approximate surface area is 134 Å². The molecule has 2 aliphatic heterocycles. The molecule has 0 unspecified atom stereocenters. The standard InChI is InChI=1S/C16H21BF2N2S/c1-5-6-9-22-15-8-7-14-13(4)16-11(2)10-12(3)20(16)17(18,19)21(14)15/h7-8,10H,5-6,9H2,1-4H3. The molecule has 1 aromatic rings. The zero-order valence-electron chi connectivity index (χ0n) is 13.5. The van der Waals surface area contributed by atoms with Gasteiger partial charge in [0, 0.05) is 29.2 Å². The quantitative estimate of drug-likeness (QED) is 0.584. The third-order valence-electron chi connectivity index (χ3n) is 4.41. The van der Waals surface area contributed by atoms with Crippen LogP contribution < -0.4 is 0 Å². The van der Waals surface area contributed by atoms with Crippen molar-refractivity contribution in [3.8, 4) is 0 Å². The van der Waals surface area contributed by atoms with E-state index in [2.05, 4.69) is 6.92 Å². The number of aromatic nitrogens is 1. The van der Waals surface area contributed by atoms with Crippen molar-refractivity contribution in [2.24, 2.45) is 0 Å². The van der Waals surface area contributed by atoms with E-state index in [-0.39, 0.29) is 0 Å². The number of aryl methyl sites for hydroxylation is 2. The molecular weight excluding hydrogens is 301 g/mol. The molecule has 0 fully saturated rings. The van der Waals surface area contributed by atoms with E-state index in [0.717, 1.165) is 29.7 Å². The van der Waals surface area contributed by atoms with Crippen molar-refractivity contribution >= 4 is 29.3 Å². The SMILES string of the molecule is CCCCSC1=[N+]2C(=C(C)c3c(C)cc(C)n3[B-]2(F)F)C=C1. The second kappa shape index (κ2) is 5.41. The summed E-state index contributed by atoms with van der Waals surface area (Å²) in [5, 5.41) is 0.671. The Kier molecular flexibility index (Phi) is 3.83. The van der Waals surface area contributed by atoms with Gasteiger partial charge in [-0.1, -0.05) is 25.1 Å². The highest BCUT2D eigenvalue weighted by atomic mass is 32.2. The molecule has 0 saturated carbocycles. The van der Waals surface area contributed by atoms with Crippen molar-refractivity contribution in [2.75, 3.05) is 5.75 Å². The number of hydrogen-bond acceptors (Lipinski definition) is 1. The molecule has 0 spiro atoms. The first-order chi connectivity index (χ1) is 10.4. The third-order valence-corrected chi connectivity index (χ3v) is 5.53. The average molecular weight is 322 g/mol. The van der Waals surface area contributed by atoms with Gasteiger partial charge in [0.2, 0.25) is 0 Å². The highest BCUT2D eigenvalue weighted by molar-refractivity contribution is 8.14. The van der Waals surface area contributed by atoms with Gasteiger partial charge >= 0.3 is 6.97 Å². The molecule has 22 heavy (non-hydrogen) atoms. The Hall–Kier alpha value is -1.30. The van der Waals surface area contributed by atoms with Crippen LogP contribution in [0.1, 0.15) is 43.6 Å². The van der Waals surface area contributed by atoms with Gasteiger partial charge < -0.3 is 17.6 Å². The summed E-state index contributed by atoms with van der Waals surface area (Å²) in [7, 11) is 0. The summed E-state index contributed by atoms with van der Waals surface area (Å²) in [6, 6.07) is 1.85. The minimum atomic E-state index is -3.82. The maximum absolute atomic E-state index is 15.2. The van der Waals surface area contributed by atoms with Crippen LogP contribution >= 0.6 is 11.8 Å². The highest BCUT2D eigenvalue weighted by Crippen LogP contribution is 2.39. The summed E-state index contributed by atoms with van der Waals surface area (Å²) in [5.41, 5.74) is 3.81. The zero-order chi connectivity index (χ0) is 16.1. The van der Waals surface area contributed by atoms with Crippen molar-refractivity contribution in [3.63, 3.8) is 0 Å². The van der Waals surface area contributed by atoms with Crippen LogP contribution in [0.15, 0.2) is 23.9 Å². The van der Waals surface area contributed by atoms with Crippen molar-refractivity contribution < 1.29 is 13.1 Å². The Balaban J connectivity index is 2.16. The van der Waals surface area contributed by atoms with E-state index >= 15 is 8.63 Å². The van der Waals surface area contributed by atoms with Gasteiger partial charge in [-0.3, -0.25) is 0 Å². The molecule has 3 heterocycles. The Bertz CT molecular complexity index is 729. The summed E-state index contributed by atoms with van der Waals surface area (Å²) < 4.78 is 32.9. The predicted octanol–water partition coefficient (Wildman–Crippen LogP) is 4.59. The maximum Gasteiger partial charge on any atom is 0.738 e. The molecule has 0 amide bonds. The smallest absolute Gasteiger partial charge is 0.394 e. The van der Waals surface area contributed by atoms with E-state index in [9.17, 15) is 0 Å². The van der Waals surface area contributed by atoms with Gasteiger partial charge in [-0.05, 0) is 44.5 Å². The number of allylic oxidation sites excluding steroid dienone is 2. The lowest BCUT2D eigenvalue weighted by molar-refractivity contribution is -0.358. The normalized spacial score (nSPS) is 19.0. The van der Waals surface area contributed by atoms with Crippen LogP contribution in [0.5, 0.6) is 0 Å². The number of hydrogen-bond donors (Lipinski definition) is 0. The Morgan fingerprint density at radius 1 is 1.23 bits per heavy atom. The summed E-state index contributed by atoms with van der Waals surface area (Å²) in [5.74, 6) is 0.877. The molecule has 0 N–H and O–H groups in total. The first-order valence-corrected chi connectivity index (χ1v) is 8.77. The van der Waals surface area contributed by atoms with E-state index in [1.54, 1.807) is 6.92 Å². The molecule has 6 heteroatoms. The Morgan fingerprint density at radius 2 is 1.95 bits per heavy atom. The largest absolute Gasteiger partial charge is 0.738 e. The van der Waals surface area contributed by atoms with Crippen molar-refractivity contribution in [2.45, 2.75) is 40.5 Å². The molecule has 0 aromatic carbocycles. The number of unbranched alkanes of at least 4 members (excludes halogenated alkanes) is 1. The molecule has 0 aliphatic carbocycles. The van der Waals surface area contributed by atoms with Crippen molar-refractivity contribution in [3.05, 3.63) is 40.9 Å². The minimum absolute atomic E-state index is 0.626. The number of thioether (sulfide) groups is 1. The van der Waals surface area contributed by atoms with Crippen LogP contribution in [0.3, 0.4) is 0 Å². The van der Waals surface area contributed by atoms with E-state index in [1.807, 2.05) is 32.1 Å².